The highest BCUT2D eigenvalue weighted by Crippen LogP contribution is 2.25. The lowest BCUT2D eigenvalue weighted by Crippen LogP contribution is -2.21. The van der Waals surface area contributed by atoms with E-state index in [1.165, 1.54) is 0 Å². The molecule has 0 aliphatic heterocycles. The van der Waals surface area contributed by atoms with E-state index in [-0.39, 0.29) is 12.6 Å². The molecule has 1 aromatic heterocycles. The molecule has 2 aromatic rings. The van der Waals surface area contributed by atoms with Crippen LogP contribution in [0.4, 0.5) is 0 Å². The van der Waals surface area contributed by atoms with E-state index in [2.05, 4.69) is 33.0 Å². The van der Waals surface area contributed by atoms with Crippen molar-refractivity contribution in [2.45, 2.75) is 45.8 Å². The molecule has 0 bridgehead atoms. The number of hydrogen-bond acceptors (Lipinski definition) is 5. The fraction of sp³-hybridized carbons (Fsp3) is 0.467. The predicted molar refractivity (Wildman–Crippen MR) is 84.1 cm³/mol. The number of aromatic nitrogens is 2. The smallest absolute Gasteiger partial charge is 0.264 e. The summed E-state index contributed by atoms with van der Waals surface area (Å²) in [5.74, 6) is 1.98. The van der Waals surface area contributed by atoms with E-state index in [4.69, 9.17) is 15.0 Å². The topological polar surface area (TPSA) is 74.2 Å². The lowest BCUT2D eigenvalue weighted by molar-refractivity contribution is 0.240. The molecule has 0 aliphatic carbocycles. The zero-order valence-electron chi connectivity index (χ0n) is 12.3. The van der Waals surface area contributed by atoms with Crippen LogP contribution in [0.1, 0.15) is 37.5 Å². The molecule has 1 unspecified atom stereocenters. The van der Waals surface area contributed by atoms with Crippen molar-refractivity contribution in [3.8, 4) is 5.75 Å². The summed E-state index contributed by atoms with van der Waals surface area (Å²) < 4.78 is 11.9. The number of ether oxygens (including phenoxy) is 1. The van der Waals surface area contributed by atoms with Crippen LogP contribution in [0, 0.1) is 0 Å². The molecule has 0 spiro atoms. The minimum absolute atomic E-state index is 0.122. The van der Waals surface area contributed by atoms with E-state index >= 15 is 0 Å². The quantitative estimate of drug-likeness (QED) is 0.826. The summed E-state index contributed by atoms with van der Waals surface area (Å²) in [5.41, 5.74) is 7.12. The fourth-order valence-electron chi connectivity index (χ4n) is 1.91. The van der Waals surface area contributed by atoms with Gasteiger partial charge in [0.2, 0.25) is 0 Å². The van der Waals surface area contributed by atoms with Crippen molar-refractivity contribution < 1.29 is 9.26 Å². The second-order valence-electron chi connectivity index (χ2n) is 4.87. The second-order valence-corrected chi connectivity index (χ2v) is 5.79. The Hall–Kier alpha value is -1.40. The standard InChI is InChI=1S/C15H20BrN3O2/c1-3-12(17)8-10-7-11(16)5-6-13(10)20-9-15-18-14(4-2)19-21-15/h5-7,12H,3-4,8-9,17H2,1-2H3. The van der Waals surface area contributed by atoms with E-state index in [0.717, 1.165) is 35.0 Å². The highest BCUT2D eigenvalue weighted by atomic mass is 79.9. The van der Waals surface area contributed by atoms with Crippen LogP contribution < -0.4 is 10.5 Å². The first kappa shape index (κ1) is 16.0. The Morgan fingerprint density at radius 1 is 1.38 bits per heavy atom. The van der Waals surface area contributed by atoms with Crippen LogP contribution >= 0.6 is 15.9 Å². The van der Waals surface area contributed by atoms with Gasteiger partial charge in [-0.05, 0) is 36.6 Å². The Labute approximate surface area is 133 Å². The average molecular weight is 354 g/mol. The first-order valence-corrected chi connectivity index (χ1v) is 7.90. The summed E-state index contributed by atoms with van der Waals surface area (Å²) in [6.45, 7) is 4.32. The largest absolute Gasteiger partial charge is 0.483 e. The molecule has 0 saturated carbocycles. The van der Waals surface area contributed by atoms with Crippen molar-refractivity contribution in [2.75, 3.05) is 0 Å². The molecule has 1 atom stereocenters. The first-order chi connectivity index (χ1) is 10.1. The van der Waals surface area contributed by atoms with Gasteiger partial charge in [-0.1, -0.05) is 34.9 Å². The monoisotopic (exact) mass is 353 g/mol. The third kappa shape index (κ3) is 4.54. The number of halogens is 1. The van der Waals surface area contributed by atoms with Gasteiger partial charge in [-0.25, -0.2) is 0 Å². The average Bonchev–Trinajstić information content (AvgIpc) is 2.94. The normalized spacial score (nSPS) is 12.4. The van der Waals surface area contributed by atoms with Crippen molar-refractivity contribution in [3.05, 3.63) is 40.0 Å². The van der Waals surface area contributed by atoms with Crippen molar-refractivity contribution >= 4 is 15.9 Å². The van der Waals surface area contributed by atoms with Crippen LogP contribution in [0.5, 0.6) is 5.75 Å². The summed E-state index contributed by atoms with van der Waals surface area (Å²) in [7, 11) is 0. The number of rotatable bonds is 7. The first-order valence-electron chi connectivity index (χ1n) is 7.10. The van der Waals surface area contributed by atoms with Crippen LogP contribution in [0.2, 0.25) is 0 Å². The van der Waals surface area contributed by atoms with Crippen LogP contribution in [0.3, 0.4) is 0 Å². The van der Waals surface area contributed by atoms with Crippen LogP contribution in [-0.2, 0) is 19.4 Å². The minimum Gasteiger partial charge on any atom is -0.483 e. The summed E-state index contributed by atoms with van der Waals surface area (Å²) in [6, 6.07) is 6.04. The Morgan fingerprint density at radius 2 is 2.19 bits per heavy atom. The van der Waals surface area contributed by atoms with Gasteiger partial charge in [0.1, 0.15) is 5.75 Å². The van der Waals surface area contributed by atoms with Gasteiger partial charge in [0, 0.05) is 16.9 Å². The highest BCUT2D eigenvalue weighted by molar-refractivity contribution is 9.10. The third-order valence-electron chi connectivity index (χ3n) is 3.21. The lowest BCUT2D eigenvalue weighted by Gasteiger charge is -2.14. The number of hydrogen-bond donors (Lipinski definition) is 1. The molecule has 21 heavy (non-hydrogen) atoms. The molecule has 0 radical (unpaired) electrons. The predicted octanol–water partition coefficient (Wildman–Crippen LogP) is 3.25. The van der Waals surface area contributed by atoms with Gasteiger partial charge in [-0.3, -0.25) is 0 Å². The van der Waals surface area contributed by atoms with Gasteiger partial charge in [0.25, 0.3) is 5.89 Å². The molecule has 6 heteroatoms. The summed E-state index contributed by atoms with van der Waals surface area (Å²) >= 11 is 3.48. The maximum absolute atomic E-state index is 6.04. The molecule has 1 aromatic carbocycles. The number of benzene rings is 1. The van der Waals surface area contributed by atoms with Crippen molar-refractivity contribution in [2.24, 2.45) is 5.73 Å². The molecular weight excluding hydrogens is 334 g/mol. The molecule has 2 N–H and O–H groups in total. The van der Waals surface area contributed by atoms with Gasteiger partial charge in [-0.2, -0.15) is 4.98 Å². The molecule has 0 saturated heterocycles. The van der Waals surface area contributed by atoms with E-state index in [9.17, 15) is 0 Å². The van der Waals surface area contributed by atoms with Gasteiger partial charge in [0.05, 0.1) is 0 Å². The maximum atomic E-state index is 6.04. The van der Waals surface area contributed by atoms with Gasteiger partial charge in [-0.15, -0.1) is 0 Å². The number of nitrogens with two attached hydrogens (primary N) is 1. The Morgan fingerprint density at radius 3 is 2.86 bits per heavy atom. The third-order valence-corrected chi connectivity index (χ3v) is 3.70. The highest BCUT2D eigenvalue weighted by Gasteiger charge is 2.11. The van der Waals surface area contributed by atoms with Crippen molar-refractivity contribution in [3.63, 3.8) is 0 Å². The van der Waals surface area contributed by atoms with Crippen LogP contribution in [-0.4, -0.2) is 16.2 Å². The lowest BCUT2D eigenvalue weighted by atomic mass is 10.0. The molecule has 1 heterocycles. The Bertz CT molecular complexity index is 586. The van der Waals surface area contributed by atoms with Gasteiger partial charge >= 0.3 is 0 Å². The molecule has 114 valence electrons. The van der Waals surface area contributed by atoms with Crippen LogP contribution in [0.15, 0.2) is 27.2 Å². The van der Waals surface area contributed by atoms with Gasteiger partial charge in [0.15, 0.2) is 12.4 Å². The van der Waals surface area contributed by atoms with E-state index < -0.39 is 0 Å². The summed E-state index contributed by atoms with van der Waals surface area (Å²) in [4.78, 5) is 4.23. The Balaban J connectivity index is 2.07. The van der Waals surface area contributed by atoms with E-state index in [1.807, 2.05) is 25.1 Å². The molecule has 0 aliphatic rings. The fourth-order valence-corrected chi connectivity index (χ4v) is 2.32. The SMILES string of the molecule is CCc1noc(COc2ccc(Br)cc2CC(N)CC)n1. The molecule has 2 rings (SSSR count). The maximum Gasteiger partial charge on any atom is 0.264 e. The second kappa shape index (κ2) is 7.56. The number of nitrogens with zero attached hydrogens (tertiary/aromatic N) is 2. The van der Waals surface area contributed by atoms with Crippen molar-refractivity contribution in [1.29, 1.82) is 0 Å². The summed E-state index contributed by atoms with van der Waals surface area (Å²) in [6.07, 6.45) is 2.45. The Kier molecular flexibility index (Phi) is 5.76. The molecule has 0 amide bonds. The summed E-state index contributed by atoms with van der Waals surface area (Å²) in [5, 5.41) is 3.85. The molecule has 5 nitrogen and oxygen atoms in total. The van der Waals surface area contributed by atoms with E-state index in [0.29, 0.717) is 11.7 Å². The number of aryl methyl sites for hydroxylation is 1. The van der Waals surface area contributed by atoms with Gasteiger partial charge < -0.3 is 15.0 Å². The van der Waals surface area contributed by atoms with Crippen LogP contribution in [0.25, 0.3) is 0 Å². The zero-order chi connectivity index (χ0) is 15.2. The van der Waals surface area contributed by atoms with Crippen molar-refractivity contribution in [1.82, 2.24) is 10.1 Å². The molecule has 0 fully saturated rings. The van der Waals surface area contributed by atoms with E-state index in [1.54, 1.807) is 0 Å². The minimum atomic E-state index is 0.122. The zero-order valence-corrected chi connectivity index (χ0v) is 13.9. The molecular formula is C15H20BrN3O2.